The highest BCUT2D eigenvalue weighted by molar-refractivity contribution is 8.22. The maximum atomic E-state index is 5.86. The van der Waals surface area contributed by atoms with Crippen molar-refractivity contribution >= 4 is 21.8 Å². The van der Waals surface area contributed by atoms with E-state index in [4.69, 9.17) is 5.73 Å². The first-order chi connectivity index (χ1) is 8.74. The summed E-state index contributed by atoms with van der Waals surface area (Å²) in [6.45, 7) is 2.76. The Bertz CT molecular complexity index is 613. The Kier molecular flexibility index (Phi) is 2.97. The third-order valence-electron chi connectivity index (χ3n) is 2.99. The topological polar surface area (TPSA) is 43.8 Å². The zero-order chi connectivity index (χ0) is 12.5. The second-order valence-electron chi connectivity index (χ2n) is 4.64. The van der Waals surface area contributed by atoms with Gasteiger partial charge in [-0.2, -0.15) is 16.0 Å². The van der Waals surface area contributed by atoms with Crippen molar-refractivity contribution in [2.75, 3.05) is 0 Å². The van der Waals surface area contributed by atoms with Crippen LogP contribution in [-0.4, -0.2) is 15.8 Å². The van der Waals surface area contributed by atoms with Crippen molar-refractivity contribution in [2.24, 2.45) is 5.73 Å². The Balaban J connectivity index is 2.03. The minimum absolute atomic E-state index is 0.119. The van der Waals surface area contributed by atoms with Gasteiger partial charge in [0.2, 0.25) is 0 Å². The van der Waals surface area contributed by atoms with Gasteiger partial charge in [0, 0.05) is 11.4 Å². The molecule has 4 heteroatoms. The van der Waals surface area contributed by atoms with Crippen molar-refractivity contribution < 1.29 is 0 Å². The lowest BCUT2D eigenvalue weighted by atomic mass is 10.2. The molecule has 0 saturated heterocycles. The van der Waals surface area contributed by atoms with Crippen LogP contribution in [0.5, 0.6) is 0 Å². The number of benzene rings is 1. The van der Waals surface area contributed by atoms with Crippen LogP contribution in [-0.2, 0) is 6.54 Å². The molecule has 0 bridgehead atoms. The molecular weight excluding hydrogens is 242 g/mol. The predicted octanol–water partition coefficient (Wildman–Crippen LogP) is 2.78. The third kappa shape index (κ3) is 2.09. The molecule has 2 aromatic rings. The Labute approximate surface area is 109 Å². The number of allylic oxidation sites excluding steroid dienone is 2. The highest BCUT2D eigenvalue weighted by Crippen LogP contribution is 2.42. The fourth-order valence-electron chi connectivity index (χ4n) is 2.14. The number of hydrogen-bond donors (Lipinski definition) is 2. The molecular formula is C14H17N3S. The number of fused-ring (bicyclic) bond motifs is 1. The first-order valence-corrected chi connectivity index (χ1v) is 7.56. The van der Waals surface area contributed by atoms with Gasteiger partial charge in [-0.25, -0.2) is 0 Å². The minimum Gasteiger partial charge on any atom is -0.326 e. The average molecular weight is 259 g/mol. The first kappa shape index (κ1) is 11.6. The quantitative estimate of drug-likeness (QED) is 0.832. The van der Waals surface area contributed by atoms with Gasteiger partial charge in [-0.15, -0.1) is 0 Å². The van der Waals surface area contributed by atoms with Crippen molar-refractivity contribution in [1.82, 2.24) is 9.78 Å². The maximum absolute atomic E-state index is 5.86. The fourth-order valence-corrected chi connectivity index (χ4v) is 3.68. The summed E-state index contributed by atoms with van der Waals surface area (Å²) < 4.78 is 2.00. The molecule has 1 unspecified atom stereocenters. The minimum atomic E-state index is -0.261. The first-order valence-electron chi connectivity index (χ1n) is 6.08. The molecule has 1 aromatic heterocycles. The molecule has 1 aliphatic heterocycles. The molecule has 18 heavy (non-hydrogen) atoms. The van der Waals surface area contributed by atoms with Gasteiger partial charge in [0.1, 0.15) is 0 Å². The number of aromatic nitrogens is 2. The second kappa shape index (κ2) is 4.63. The van der Waals surface area contributed by atoms with Crippen molar-refractivity contribution in [1.29, 1.82) is 0 Å². The Hall–Kier alpha value is -1.52. The molecule has 1 aliphatic rings. The molecule has 94 valence electrons. The van der Waals surface area contributed by atoms with E-state index in [0.29, 0.717) is 0 Å². The van der Waals surface area contributed by atoms with E-state index in [9.17, 15) is 0 Å². The van der Waals surface area contributed by atoms with Crippen LogP contribution in [0.15, 0.2) is 52.3 Å². The van der Waals surface area contributed by atoms with E-state index in [1.807, 2.05) is 17.8 Å². The largest absolute Gasteiger partial charge is 0.326 e. The summed E-state index contributed by atoms with van der Waals surface area (Å²) in [5.41, 5.74) is 7.04. The highest BCUT2D eigenvalue weighted by Gasteiger charge is 2.08. The number of nitrogens with two attached hydrogens (primary N) is 1. The molecule has 0 fully saturated rings. The van der Waals surface area contributed by atoms with Crippen LogP contribution in [0.2, 0.25) is 0 Å². The number of rotatable bonds is 3. The van der Waals surface area contributed by atoms with Crippen LogP contribution in [0.3, 0.4) is 0 Å². The van der Waals surface area contributed by atoms with Crippen molar-refractivity contribution in [3.8, 4) is 0 Å². The van der Waals surface area contributed by atoms with E-state index in [2.05, 4.69) is 46.3 Å². The third-order valence-corrected chi connectivity index (χ3v) is 4.85. The summed E-state index contributed by atoms with van der Waals surface area (Å²) in [5.74, 6) is 0. The lowest BCUT2D eigenvalue weighted by molar-refractivity contribution is 0.553. The molecule has 0 spiro atoms. The fraction of sp³-hybridized carbons (Fsp3) is 0.214. The van der Waals surface area contributed by atoms with Crippen molar-refractivity contribution in [2.45, 2.75) is 24.4 Å². The van der Waals surface area contributed by atoms with Gasteiger partial charge >= 0.3 is 0 Å². The predicted molar refractivity (Wildman–Crippen MR) is 78.9 cm³/mol. The molecule has 0 amide bonds. The summed E-state index contributed by atoms with van der Waals surface area (Å²) in [7, 11) is -0.261. The van der Waals surface area contributed by atoms with E-state index in [1.165, 1.54) is 15.8 Å². The van der Waals surface area contributed by atoms with Gasteiger partial charge in [0.05, 0.1) is 18.3 Å². The SMILES string of the molecule is CC(N)Cn1ncc2ccc([SH]3C=CC=C3)cc21. The van der Waals surface area contributed by atoms with Crippen LogP contribution in [0.1, 0.15) is 6.92 Å². The molecule has 0 saturated carbocycles. The van der Waals surface area contributed by atoms with E-state index in [1.54, 1.807) is 0 Å². The number of nitrogens with zero attached hydrogens (tertiary/aromatic N) is 2. The standard InChI is InChI=1S/C14H17N3S/c1-11(15)10-17-14-8-13(18-6-2-3-7-18)5-4-12(14)9-16-17/h2-9,11,18H,10,15H2,1H3. The van der Waals surface area contributed by atoms with Gasteiger partial charge in [0.15, 0.2) is 0 Å². The molecule has 1 aromatic carbocycles. The van der Waals surface area contributed by atoms with E-state index in [0.717, 1.165) is 6.54 Å². The van der Waals surface area contributed by atoms with Crippen molar-refractivity contribution in [3.63, 3.8) is 0 Å². The zero-order valence-corrected chi connectivity index (χ0v) is 11.2. The molecule has 2 heterocycles. The molecule has 0 radical (unpaired) electrons. The number of hydrogen-bond acceptors (Lipinski definition) is 2. The number of thiol groups is 1. The molecule has 0 aliphatic carbocycles. The molecule has 1 atom stereocenters. The van der Waals surface area contributed by atoms with Crippen LogP contribution < -0.4 is 5.73 Å². The van der Waals surface area contributed by atoms with Gasteiger partial charge in [-0.05, 0) is 34.8 Å². The second-order valence-corrected chi connectivity index (χ2v) is 6.56. The monoisotopic (exact) mass is 259 g/mol. The lowest BCUT2D eigenvalue weighted by Crippen LogP contribution is -2.22. The Morgan fingerprint density at radius 3 is 2.83 bits per heavy atom. The van der Waals surface area contributed by atoms with Crippen LogP contribution in [0, 0.1) is 0 Å². The summed E-state index contributed by atoms with van der Waals surface area (Å²) >= 11 is 0. The Morgan fingerprint density at radius 2 is 2.11 bits per heavy atom. The Morgan fingerprint density at radius 1 is 1.33 bits per heavy atom. The maximum Gasteiger partial charge on any atom is 0.0693 e. The molecule has 3 nitrogen and oxygen atoms in total. The van der Waals surface area contributed by atoms with Gasteiger partial charge < -0.3 is 5.73 Å². The van der Waals surface area contributed by atoms with Crippen molar-refractivity contribution in [3.05, 3.63) is 47.4 Å². The zero-order valence-electron chi connectivity index (χ0n) is 10.3. The van der Waals surface area contributed by atoms with Gasteiger partial charge in [0.25, 0.3) is 0 Å². The van der Waals surface area contributed by atoms with E-state index in [-0.39, 0.29) is 16.9 Å². The highest BCUT2D eigenvalue weighted by atomic mass is 32.2. The summed E-state index contributed by atoms with van der Waals surface area (Å²) in [4.78, 5) is 1.37. The van der Waals surface area contributed by atoms with Gasteiger partial charge in [-0.1, -0.05) is 18.2 Å². The molecule has 2 N–H and O–H groups in total. The van der Waals surface area contributed by atoms with Crippen LogP contribution in [0.25, 0.3) is 10.9 Å². The van der Waals surface area contributed by atoms with E-state index < -0.39 is 0 Å². The summed E-state index contributed by atoms with van der Waals surface area (Å²) in [6.07, 6.45) is 6.15. The summed E-state index contributed by atoms with van der Waals surface area (Å²) in [5, 5.41) is 10.1. The summed E-state index contributed by atoms with van der Waals surface area (Å²) in [6, 6.07) is 6.72. The molecule has 3 rings (SSSR count). The lowest BCUT2D eigenvalue weighted by Gasteiger charge is -2.12. The van der Waals surface area contributed by atoms with Crippen LogP contribution in [0.4, 0.5) is 0 Å². The average Bonchev–Trinajstić information content (AvgIpc) is 2.98. The normalized spacial score (nSPS) is 17.8. The smallest absolute Gasteiger partial charge is 0.0693 e. The van der Waals surface area contributed by atoms with Crippen LogP contribution >= 0.6 is 10.9 Å². The van der Waals surface area contributed by atoms with Gasteiger partial charge in [-0.3, -0.25) is 4.68 Å². The van der Waals surface area contributed by atoms with E-state index >= 15 is 0 Å².